The summed E-state index contributed by atoms with van der Waals surface area (Å²) in [4.78, 5) is 33.9. The molecule has 174 valence electrons. The summed E-state index contributed by atoms with van der Waals surface area (Å²) in [5, 5.41) is 2.07. The fraction of sp³-hybridized carbons (Fsp3) is 0.0476. The molecule has 0 atom stereocenters. The summed E-state index contributed by atoms with van der Waals surface area (Å²) < 4.78 is 40.9. The molecule has 0 spiro atoms. The number of carbonyl (C=O) groups excluding carboxylic acids is 2. The van der Waals surface area contributed by atoms with E-state index in [0.29, 0.717) is 11.4 Å². The van der Waals surface area contributed by atoms with E-state index in [2.05, 4.69) is 20.0 Å². The first-order valence-corrected chi connectivity index (χ1v) is 11.7. The number of imide groups is 1. The number of aromatic nitrogens is 2. The van der Waals surface area contributed by atoms with Gasteiger partial charge in [-0.3, -0.25) is 9.59 Å². The minimum Gasteiger partial charge on any atom is -0.350 e. The van der Waals surface area contributed by atoms with Crippen molar-refractivity contribution in [1.82, 2.24) is 9.97 Å². The molecule has 0 saturated heterocycles. The van der Waals surface area contributed by atoms with Gasteiger partial charge >= 0.3 is 0 Å². The van der Waals surface area contributed by atoms with Gasteiger partial charge in [0, 0.05) is 17.6 Å². The molecule has 1 aliphatic heterocycles. The van der Waals surface area contributed by atoms with Crippen LogP contribution in [0.1, 0.15) is 5.69 Å². The summed E-state index contributed by atoms with van der Waals surface area (Å²) in [5.41, 5.74) is 0.695. The fourth-order valence-corrected chi connectivity index (χ4v) is 4.35. The van der Waals surface area contributed by atoms with E-state index in [0.717, 1.165) is 17.0 Å². The molecule has 2 aromatic carbocycles. The lowest BCUT2D eigenvalue weighted by atomic mass is 10.2. The van der Waals surface area contributed by atoms with Crippen molar-refractivity contribution in [3.8, 4) is 0 Å². The first kappa shape index (κ1) is 23.6. The number of rotatable bonds is 6. The minimum atomic E-state index is -3.97. The Morgan fingerprint density at radius 1 is 1.00 bits per heavy atom. The van der Waals surface area contributed by atoms with E-state index in [4.69, 9.17) is 23.2 Å². The number of hydrogen-bond donors (Lipinski definition) is 2. The summed E-state index contributed by atoms with van der Waals surface area (Å²) in [6.45, 7) is 1.70. The Balaban J connectivity index is 1.53. The average molecular weight is 522 g/mol. The van der Waals surface area contributed by atoms with Crippen LogP contribution in [-0.4, -0.2) is 30.2 Å². The van der Waals surface area contributed by atoms with E-state index < -0.39 is 27.7 Å². The Morgan fingerprint density at radius 3 is 2.35 bits per heavy atom. The van der Waals surface area contributed by atoms with E-state index in [1.807, 2.05) is 0 Å². The Bertz CT molecular complexity index is 1460. The minimum absolute atomic E-state index is 0.0437. The van der Waals surface area contributed by atoms with Gasteiger partial charge in [-0.05, 0) is 55.5 Å². The molecule has 0 saturated carbocycles. The lowest BCUT2D eigenvalue weighted by Gasteiger charge is -2.15. The van der Waals surface area contributed by atoms with Crippen LogP contribution in [0.3, 0.4) is 0 Å². The van der Waals surface area contributed by atoms with E-state index in [1.165, 1.54) is 36.5 Å². The molecule has 0 fully saturated rings. The van der Waals surface area contributed by atoms with Crippen LogP contribution >= 0.6 is 23.2 Å². The number of hydrogen-bond acceptors (Lipinski definition) is 7. The third kappa shape index (κ3) is 4.58. The predicted molar refractivity (Wildman–Crippen MR) is 124 cm³/mol. The zero-order valence-corrected chi connectivity index (χ0v) is 19.5. The number of nitrogens with zero attached hydrogens (tertiary/aromatic N) is 3. The van der Waals surface area contributed by atoms with Crippen LogP contribution in [-0.2, 0) is 19.6 Å². The van der Waals surface area contributed by atoms with Gasteiger partial charge in [0.1, 0.15) is 16.5 Å². The van der Waals surface area contributed by atoms with Gasteiger partial charge in [0.15, 0.2) is 0 Å². The number of sulfonamides is 1. The largest absolute Gasteiger partial charge is 0.350 e. The summed E-state index contributed by atoms with van der Waals surface area (Å²) >= 11 is 11.8. The van der Waals surface area contributed by atoms with E-state index in [-0.39, 0.29) is 32.3 Å². The SMILES string of the molecule is Cc1ccnc(NS(=O)(=O)c2ccc(NC3=C(Cl)C(=O)N(c4ccc(F)c(Cl)c4)C3=O)cc2)n1. The third-order valence-corrected chi connectivity index (χ3v) is 6.63. The van der Waals surface area contributed by atoms with Gasteiger partial charge in [0.25, 0.3) is 21.8 Å². The van der Waals surface area contributed by atoms with Crippen molar-refractivity contribution in [2.75, 3.05) is 14.9 Å². The third-order valence-electron chi connectivity index (χ3n) is 4.64. The zero-order chi connectivity index (χ0) is 24.6. The lowest BCUT2D eigenvalue weighted by Crippen LogP contribution is -2.32. The molecule has 13 heteroatoms. The molecule has 0 bridgehead atoms. The fourth-order valence-electron chi connectivity index (χ4n) is 3.01. The van der Waals surface area contributed by atoms with E-state index >= 15 is 0 Å². The number of nitrogens with one attached hydrogen (secondary N) is 2. The number of anilines is 3. The molecule has 2 amide bonds. The maximum absolute atomic E-state index is 13.5. The Kier molecular flexibility index (Phi) is 6.26. The average Bonchev–Trinajstić information content (AvgIpc) is 2.99. The number of aryl methyl sites for hydroxylation is 1. The van der Waals surface area contributed by atoms with Crippen molar-refractivity contribution in [1.29, 1.82) is 0 Å². The lowest BCUT2D eigenvalue weighted by molar-refractivity contribution is -0.120. The molecule has 0 radical (unpaired) electrons. The number of benzene rings is 2. The summed E-state index contributed by atoms with van der Waals surface area (Å²) in [6.07, 6.45) is 1.42. The van der Waals surface area contributed by atoms with Crippen molar-refractivity contribution in [2.24, 2.45) is 0 Å². The monoisotopic (exact) mass is 521 g/mol. The van der Waals surface area contributed by atoms with E-state index in [1.54, 1.807) is 13.0 Å². The second kappa shape index (κ2) is 9.01. The Morgan fingerprint density at radius 2 is 1.71 bits per heavy atom. The van der Waals surface area contributed by atoms with Crippen LogP contribution in [0.25, 0.3) is 0 Å². The molecule has 0 unspecified atom stereocenters. The smallest absolute Gasteiger partial charge is 0.283 e. The maximum Gasteiger partial charge on any atom is 0.283 e. The van der Waals surface area contributed by atoms with Gasteiger partial charge in [0.05, 0.1) is 15.6 Å². The standard InChI is InChI=1S/C21H14Cl2FN5O4S/c1-11-8-9-25-21(26-11)28-34(32,33)14-5-2-12(3-6-14)27-18-17(23)19(30)29(20(18)31)13-4-7-16(24)15(22)10-13/h2-10,27H,1H3,(H,25,26,28). The van der Waals surface area contributed by atoms with Gasteiger partial charge < -0.3 is 5.32 Å². The van der Waals surface area contributed by atoms with Crippen molar-refractivity contribution < 1.29 is 22.4 Å². The van der Waals surface area contributed by atoms with Crippen LogP contribution in [0.5, 0.6) is 0 Å². The Labute approximate surface area is 203 Å². The van der Waals surface area contributed by atoms with Crippen molar-refractivity contribution in [2.45, 2.75) is 11.8 Å². The molecule has 9 nitrogen and oxygen atoms in total. The number of carbonyl (C=O) groups is 2. The van der Waals surface area contributed by atoms with Crippen LogP contribution in [0, 0.1) is 12.7 Å². The van der Waals surface area contributed by atoms with Gasteiger partial charge in [-0.1, -0.05) is 23.2 Å². The second-order valence-electron chi connectivity index (χ2n) is 7.01. The molecule has 0 aliphatic carbocycles. The van der Waals surface area contributed by atoms with Crippen LogP contribution in [0.4, 0.5) is 21.7 Å². The van der Waals surface area contributed by atoms with Crippen LogP contribution < -0.4 is 14.9 Å². The first-order valence-electron chi connectivity index (χ1n) is 9.50. The van der Waals surface area contributed by atoms with Gasteiger partial charge in [-0.25, -0.2) is 32.4 Å². The first-order chi connectivity index (χ1) is 16.1. The highest BCUT2D eigenvalue weighted by Gasteiger charge is 2.39. The normalized spacial score (nSPS) is 14.1. The highest BCUT2D eigenvalue weighted by atomic mass is 35.5. The topological polar surface area (TPSA) is 121 Å². The molecule has 3 aromatic rings. The van der Waals surface area contributed by atoms with Crippen molar-refractivity contribution in [3.05, 3.63) is 82.0 Å². The van der Waals surface area contributed by atoms with Gasteiger partial charge in [0.2, 0.25) is 5.95 Å². The predicted octanol–water partition coefficient (Wildman–Crippen LogP) is 3.81. The highest BCUT2D eigenvalue weighted by Crippen LogP contribution is 2.32. The maximum atomic E-state index is 13.5. The molecule has 34 heavy (non-hydrogen) atoms. The molecule has 2 N–H and O–H groups in total. The second-order valence-corrected chi connectivity index (χ2v) is 9.48. The van der Waals surface area contributed by atoms with Crippen LogP contribution in [0.2, 0.25) is 5.02 Å². The number of halogens is 3. The quantitative estimate of drug-likeness (QED) is 0.473. The summed E-state index contributed by atoms with van der Waals surface area (Å²) in [6, 6.07) is 10.3. The molecular weight excluding hydrogens is 508 g/mol. The summed E-state index contributed by atoms with van der Waals surface area (Å²) in [5.74, 6) is -2.39. The molecule has 1 aromatic heterocycles. The van der Waals surface area contributed by atoms with Gasteiger partial charge in [-0.15, -0.1) is 0 Å². The molecule has 4 rings (SSSR count). The van der Waals surface area contributed by atoms with E-state index in [9.17, 15) is 22.4 Å². The highest BCUT2D eigenvalue weighted by molar-refractivity contribution is 7.92. The molecule has 2 heterocycles. The van der Waals surface area contributed by atoms with Crippen LogP contribution in [0.15, 0.2) is 70.4 Å². The number of amides is 2. The Hall–Kier alpha value is -3.54. The van der Waals surface area contributed by atoms with Gasteiger partial charge in [-0.2, -0.15) is 0 Å². The molecular formula is C21H14Cl2FN5O4S. The molecule has 1 aliphatic rings. The summed E-state index contributed by atoms with van der Waals surface area (Å²) in [7, 11) is -3.97. The van der Waals surface area contributed by atoms with Crippen molar-refractivity contribution >= 4 is 62.4 Å². The van der Waals surface area contributed by atoms with Crippen molar-refractivity contribution in [3.63, 3.8) is 0 Å². The zero-order valence-electron chi connectivity index (χ0n) is 17.2.